The molecule has 132 valence electrons. The lowest BCUT2D eigenvalue weighted by Gasteiger charge is -2.34. The van der Waals surface area contributed by atoms with Gasteiger partial charge in [-0.15, -0.1) is 0 Å². The molecule has 1 amide bonds. The highest BCUT2D eigenvalue weighted by atomic mass is 32.2. The number of hydrogen-bond acceptors (Lipinski definition) is 3. The summed E-state index contributed by atoms with van der Waals surface area (Å²) in [6.45, 7) is 0. The van der Waals surface area contributed by atoms with Crippen LogP contribution in [0.15, 0.2) is 23.1 Å². The molecule has 3 atom stereocenters. The molecule has 6 heteroatoms. The number of thioether (sulfide) groups is 1. The van der Waals surface area contributed by atoms with Gasteiger partial charge < -0.3 is 11.1 Å². The van der Waals surface area contributed by atoms with Crippen LogP contribution in [-0.2, 0) is 11.2 Å². The quantitative estimate of drug-likeness (QED) is 0.786. The number of amides is 1. The average molecular weight is 354 g/mol. The topological polar surface area (TPSA) is 55.1 Å². The second kappa shape index (κ2) is 7.83. The van der Waals surface area contributed by atoms with Crippen molar-refractivity contribution < 1.29 is 13.6 Å². The van der Waals surface area contributed by atoms with E-state index in [1.165, 1.54) is 11.1 Å². The van der Waals surface area contributed by atoms with E-state index in [0.29, 0.717) is 22.7 Å². The number of nitrogens with one attached hydrogen (secondary N) is 1. The zero-order valence-electron chi connectivity index (χ0n) is 13.6. The van der Waals surface area contributed by atoms with Crippen LogP contribution in [0.1, 0.15) is 55.7 Å². The van der Waals surface area contributed by atoms with Crippen LogP contribution in [0.3, 0.4) is 0 Å². The summed E-state index contributed by atoms with van der Waals surface area (Å²) < 4.78 is 25.1. The summed E-state index contributed by atoms with van der Waals surface area (Å²) in [5, 5.41) is 3.70. The van der Waals surface area contributed by atoms with Crippen molar-refractivity contribution in [2.45, 2.75) is 67.7 Å². The number of carbonyl (C=O) groups is 1. The summed E-state index contributed by atoms with van der Waals surface area (Å²) in [5.41, 5.74) is 7.86. The number of halogens is 2. The lowest BCUT2D eigenvalue weighted by molar-refractivity contribution is -0.123. The maximum Gasteiger partial charge on any atom is 0.288 e. The summed E-state index contributed by atoms with van der Waals surface area (Å²) in [7, 11) is 0. The van der Waals surface area contributed by atoms with Crippen LogP contribution in [0.2, 0.25) is 0 Å². The van der Waals surface area contributed by atoms with Gasteiger partial charge in [-0.1, -0.05) is 24.2 Å². The van der Waals surface area contributed by atoms with E-state index in [2.05, 4.69) is 5.32 Å². The van der Waals surface area contributed by atoms with Gasteiger partial charge in [0.15, 0.2) is 0 Å². The molecule has 3 unspecified atom stereocenters. The molecule has 2 aliphatic rings. The van der Waals surface area contributed by atoms with Crippen molar-refractivity contribution in [3.05, 3.63) is 29.3 Å². The number of hydrogen-bond donors (Lipinski definition) is 2. The molecule has 1 saturated carbocycles. The molecular formula is C18H24F2N2OS. The molecule has 3 nitrogen and oxygen atoms in total. The Labute approximate surface area is 145 Å². The van der Waals surface area contributed by atoms with Crippen LogP contribution in [0.4, 0.5) is 8.78 Å². The number of rotatable bonds is 5. The zero-order valence-corrected chi connectivity index (χ0v) is 14.5. The van der Waals surface area contributed by atoms with E-state index in [1.54, 1.807) is 6.07 Å². The molecule has 0 spiro atoms. The summed E-state index contributed by atoms with van der Waals surface area (Å²) in [6.07, 6.45) is 6.83. The third-order valence-electron chi connectivity index (χ3n) is 5.17. The Balaban J connectivity index is 1.69. The number of aryl methyl sites for hydroxylation is 1. The van der Waals surface area contributed by atoms with Crippen molar-refractivity contribution in [1.29, 1.82) is 0 Å². The number of primary amides is 1. The molecular weight excluding hydrogens is 330 g/mol. The molecule has 3 rings (SSSR count). The van der Waals surface area contributed by atoms with Gasteiger partial charge in [0.25, 0.3) is 5.76 Å². The number of nitrogens with two attached hydrogens (primary N) is 1. The summed E-state index contributed by atoms with van der Waals surface area (Å²) in [6, 6.07) is 6.25. The standard InChI is InChI=1S/C18H24F2N2OS/c19-18(20)24-14-7-8-15-11(10-14)3-2-6-16(15)22-13-5-1-4-12(9-13)17(21)23/h7-8,10,12-13,16,18,22H,1-6,9H2,(H2,21,23). The van der Waals surface area contributed by atoms with Gasteiger partial charge in [0.1, 0.15) is 0 Å². The van der Waals surface area contributed by atoms with Crippen LogP contribution in [0, 0.1) is 5.92 Å². The van der Waals surface area contributed by atoms with Crippen LogP contribution in [0.5, 0.6) is 0 Å². The molecule has 2 aliphatic carbocycles. The van der Waals surface area contributed by atoms with Gasteiger partial charge in [0.05, 0.1) is 0 Å². The molecule has 1 fully saturated rings. The number of benzene rings is 1. The maximum atomic E-state index is 12.6. The first-order valence-electron chi connectivity index (χ1n) is 8.66. The van der Waals surface area contributed by atoms with Gasteiger partial charge in [0.2, 0.25) is 5.91 Å². The smallest absolute Gasteiger partial charge is 0.288 e. The molecule has 0 heterocycles. The average Bonchev–Trinajstić information content (AvgIpc) is 2.54. The van der Waals surface area contributed by atoms with Gasteiger partial charge in [-0.25, -0.2) is 0 Å². The summed E-state index contributed by atoms with van der Waals surface area (Å²) >= 11 is 0.607. The van der Waals surface area contributed by atoms with Crippen LogP contribution < -0.4 is 11.1 Å². The Hall–Kier alpha value is -1.14. The van der Waals surface area contributed by atoms with Gasteiger partial charge in [-0.2, -0.15) is 8.78 Å². The second-order valence-corrected chi connectivity index (χ2v) is 7.88. The SMILES string of the molecule is NC(=O)C1CCCC(NC2CCCc3cc(SC(F)F)ccc32)C1. The van der Waals surface area contributed by atoms with Crippen molar-refractivity contribution in [3.8, 4) is 0 Å². The third-order valence-corrected chi connectivity index (χ3v) is 5.87. The fourth-order valence-electron chi connectivity index (χ4n) is 4.02. The van der Waals surface area contributed by atoms with E-state index in [4.69, 9.17) is 5.73 Å². The largest absolute Gasteiger partial charge is 0.369 e. The molecule has 0 aliphatic heterocycles. The van der Waals surface area contributed by atoms with Crippen molar-refractivity contribution >= 4 is 17.7 Å². The van der Waals surface area contributed by atoms with Crippen molar-refractivity contribution in [2.24, 2.45) is 11.7 Å². The zero-order chi connectivity index (χ0) is 17.1. The predicted octanol–water partition coefficient (Wildman–Crippen LogP) is 4.01. The molecule has 0 saturated heterocycles. The Morgan fingerprint density at radius 2 is 2.08 bits per heavy atom. The van der Waals surface area contributed by atoms with E-state index in [9.17, 15) is 13.6 Å². The molecule has 0 bridgehead atoms. The highest BCUT2D eigenvalue weighted by molar-refractivity contribution is 7.99. The monoisotopic (exact) mass is 354 g/mol. The molecule has 1 aromatic rings. The summed E-state index contributed by atoms with van der Waals surface area (Å²) in [5.74, 6) is -2.60. The van der Waals surface area contributed by atoms with Crippen LogP contribution >= 0.6 is 11.8 Å². The van der Waals surface area contributed by atoms with E-state index in [-0.39, 0.29) is 17.9 Å². The lowest BCUT2D eigenvalue weighted by atomic mass is 9.82. The first-order valence-corrected chi connectivity index (χ1v) is 9.54. The maximum absolute atomic E-state index is 12.6. The van der Waals surface area contributed by atoms with E-state index in [1.807, 2.05) is 12.1 Å². The minimum Gasteiger partial charge on any atom is -0.369 e. The van der Waals surface area contributed by atoms with Gasteiger partial charge >= 0.3 is 0 Å². The van der Waals surface area contributed by atoms with Gasteiger partial charge in [0, 0.05) is 22.9 Å². The Morgan fingerprint density at radius 3 is 2.83 bits per heavy atom. The minimum atomic E-state index is -2.38. The third kappa shape index (κ3) is 4.28. The van der Waals surface area contributed by atoms with Crippen molar-refractivity contribution in [1.82, 2.24) is 5.32 Å². The van der Waals surface area contributed by atoms with Crippen molar-refractivity contribution in [3.63, 3.8) is 0 Å². The first-order chi connectivity index (χ1) is 11.5. The Morgan fingerprint density at radius 1 is 1.25 bits per heavy atom. The molecule has 0 aromatic heterocycles. The van der Waals surface area contributed by atoms with E-state index >= 15 is 0 Å². The number of fused-ring (bicyclic) bond motifs is 1. The number of alkyl halides is 2. The Kier molecular flexibility index (Phi) is 5.76. The van der Waals surface area contributed by atoms with Crippen LogP contribution in [-0.4, -0.2) is 17.7 Å². The minimum absolute atomic E-state index is 0.0240. The lowest BCUT2D eigenvalue weighted by Crippen LogP contribution is -2.40. The second-order valence-electron chi connectivity index (χ2n) is 6.81. The fourth-order valence-corrected chi connectivity index (χ4v) is 4.59. The molecule has 24 heavy (non-hydrogen) atoms. The normalized spacial score (nSPS) is 27.0. The Bertz CT molecular complexity index is 596. The predicted molar refractivity (Wildman–Crippen MR) is 92.1 cm³/mol. The van der Waals surface area contributed by atoms with E-state index < -0.39 is 5.76 Å². The fraction of sp³-hybridized carbons (Fsp3) is 0.611. The van der Waals surface area contributed by atoms with Crippen molar-refractivity contribution in [2.75, 3.05) is 0 Å². The molecule has 3 N–H and O–H groups in total. The summed E-state index contributed by atoms with van der Waals surface area (Å²) in [4.78, 5) is 12.1. The highest BCUT2D eigenvalue weighted by Crippen LogP contribution is 2.35. The molecule has 1 aromatic carbocycles. The number of carbonyl (C=O) groups excluding carboxylic acids is 1. The van der Waals surface area contributed by atoms with Gasteiger partial charge in [-0.05, 0) is 61.8 Å². The first kappa shape index (κ1) is 17.7. The highest BCUT2D eigenvalue weighted by Gasteiger charge is 2.29. The van der Waals surface area contributed by atoms with Crippen LogP contribution in [0.25, 0.3) is 0 Å². The van der Waals surface area contributed by atoms with Gasteiger partial charge in [-0.3, -0.25) is 4.79 Å². The molecule has 0 radical (unpaired) electrons. The van der Waals surface area contributed by atoms with E-state index in [0.717, 1.165) is 44.9 Å².